The number of aryl methyl sites for hydroxylation is 2. The monoisotopic (exact) mass is 354 g/mol. The van der Waals surface area contributed by atoms with Crippen LogP contribution in [0.1, 0.15) is 30.9 Å². The second-order valence-electron chi connectivity index (χ2n) is 6.81. The van der Waals surface area contributed by atoms with Gasteiger partial charge in [-0.25, -0.2) is 9.97 Å². The summed E-state index contributed by atoms with van der Waals surface area (Å²) in [6.07, 6.45) is 5.24. The molecule has 0 aliphatic carbocycles. The van der Waals surface area contributed by atoms with E-state index in [1.54, 1.807) is 18.5 Å². The summed E-state index contributed by atoms with van der Waals surface area (Å²) in [5.74, 6) is 1.26. The third-order valence-electron chi connectivity index (χ3n) is 4.90. The zero-order chi connectivity index (χ0) is 18.5. The van der Waals surface area contributed by atoms with Gasteiger partial charge in [0.1, 0.15) is 11.9 Å². The third-order valence-corrected chi connectivity index (χ3v) is 4.90. The molecule has 2 aromatic rings. The zero-order valence-corrected chi connectivity index (χ0v) is 15.6. The van der Waals surface area contributed by atoms with E-state index in [1.165, 1.54) is 11.1 Å². The van der Waals surface area contributed by atoms with E-state index in [0.29, 0.717) is 5.95 Å². The largest absolute Gasteiger partial charge is 0.490 e. The summed E-state index contributed by atoms with van der Waals surface area (Å²) in [7, 11) is 0. The fourth-order valence-electron chi connectivity index (χ4n) is 3.28. The SMILES string of the molecule is Cc1cccc(C)c1OC1CCN(C(C)C(=O)Nc2ncccn2)CC1. The summed E-state index contributed by atoms with van der Waals surface area (Å²) in [4.78, 5) is 22.7. The second kappa shape index (κ2) is 8.27. The lowest BCUT2D eigenvalue weighted by atomic mass is 10.0. The van der Waals surface area contributed by atoms with Crippen molar-refractivity contribution >= 4 is 11.9 Å². The van der Waals surface area contributed by atoms with Crippen molar-refractivity contribution in [1.82, 2.24) is 14.9 Å². The van der Waals surface area contributed by atoms with Gasteiger partial charge in [-0.1, -0.05) is 18.2 Å². The maximum absolute atomic E-state index is 12.4. The van der Waals surface area contributed by atoms with Crippen LogP contribution < -0.4 is 10.1 Å². The van der Waals surface area contributed by atoms with Crippen molar-refractivity contribution in [3.63, 3.8) is 0 Å². The molecule has 1 aliphatic rings. The van der Waals surface area contributed by atoms with Gasteiger partial charge in [0.15, 0.2) is 0 Å². The van der Waals surface area contributed by atoms with Gasteiger partial charge in [-0.2, -0.15) is 0 Å². The van der Waals surface area contributed by atoms with Gasteiger partial charge < -0.3 is 4.74 Å². The van der Waals surface area contributed by atoms with Crippen molar-refractivity contribution in [2.24, 2.45) is 0 Å². The van der Waals surface area contributed by atoms with E-state index in [-0.39, 0.29) is 18.1 Å². The Balaban J connectivity index is 1.52. The Morgan fingerprint density at radius 2 is 1.77 bits per heavy atom. The standard InChI is InChI=1S/C20H26N4O2/c1-14-6-4-7-15(2)18(14)26-17-8-12-24(13-9-17)16(3)19(25)23-20-21-10-5-11-22-20/h4-7,10-11,16-17H,8-9,12-13H2,1-3H3,(H,21,22,23,25). The molecule has 1 atom stereocenters. The number of carbonyl (C=O) groups is 1. The van der Waals surface area contributed by atoms with E-state index in [0.717, 1.165) is 31.7 Å². The van der Waals surface area contributed by atoms with E-state index < -0.39 is 0 Å². The molecule has 1 aromatic carbocycles. The molecule has 138 valence electrons. The summed E-state index contributed by atoms with van der Waals surface area (Å²) < 4.78 is 6.25. The Bertz CT molecular complexity index is 722. The predicted molar refractivity (Wildman–Crippen MR) is 101 cm³/mol. The molecule has 0 spiro atoms. The number of amides is 1. The number of hydrogen-bond donors (Lipinski definition) is 1. The third kappa shape index (κ3) is 4.38. The van der Waals surface area contributed by atoms with Crippen molar-refractivity contribution in [3.05, 3.63) is 47.8 Å². The van der Waals surface area contributed by atoms with Crippen LogP contribution in [-0.2, 0) is 4.79 Å². The van der Waals surface area contributed by atoms with E-state index in [1.807, 2.05) is 6.92 Å². The molecule has 2 heterocycles. The topological polar surface area (TPSA) is 67.3 Å². The normalized spacial score (nSPS) is 16.9. The Kier molecular flexibility index (Phi) is 5.83. The minimum atomic E-state index is -0.222. The van der Waals surface area contributed by atoms with Crippen molar-refractivity contribution in [3.8, 4) is 5.75 Å². The predicted octanol–water partition coefficient (Wildman–Crippen LogP) is 2.96. The molecule has 26 heavy (non-hydrogen) atoms. The Hall–Kier alpha value is -2.47. The summed E-state index contributed by atoms with van der Waals surface area (Å²) in [5.41, 5.74) is 2.34. The first-order chi connectivity index (χ1) is 12.5. The van der Waals surface area contributed by atoms with Gasteiger partial charge in [0, 0.05) is 25.5 Å². The number of carbonyl (C=O) groups excluding carboxylic acids is 1. The molecule has 1 saturated heterocycles. The first-order valence-corrected chi connectivity index (χ1v) is 9.09. The highest BCUT2D eigenvalue weighted by molar-refractivity contribution is 5.93. The molecule has 1 unspecified atom stereocenters. The van der Waals surface area contributed by atoms with Gasteiger partial charge in [0.25, 0.3) is 0 Å². The maximum Gasteiger partial charge on any atom is 0.243 e. The quantitative estimate of drug-likeness (QED) is 0.894. The lowest BCUT2D eigenvalue weighted by molar-refractivity contribution is -0.121. The molecule has 0 saturated carbocycles. The van der Waals surface area contributed by atoms with Gasteiger partial charge >= 0.3 is 0 Å². The number of ether oxygens (including phenoxy) is 1. The number of likely N-dealkylation sites (tertiary alicyclic amines) is 1. The molecule has 6 heteroatoms. The number of nitrogens with zero attached hydrogens (tertiary/aromatic N) is 3. The van der Waals surface area contributed by atoms with Gasteiger partial charge in [-0.15, -0.1) is 0 Å². The second-order valence-corrected chi connectivity index (χ2v) is 6.81. The first-order valence-electron chi connectivity index (χ1n) is 9.09. The zero-order valence-electron chi connectivity index (χ0n) is 15.6. The number of aromatic nitrogens is 2. The van der Waals surface area contributed by atoms with Gasteiger partial charge in [-0.05, 0) is 50.8 Å². The van der Waals surface area contributed by atoms with E-state index >= 15 is 0 Å². The Morgan fingerprint density at radius 3 is 2.38 bits per heavy atom. The van der Waals surface area contributed by atoms with E-state index in [9.17, 15) is 4.79 Å². The lowest BCUT2D eigenvalue weighted by Gasteiger charge is -2.35. The summed E-state index contributed by atoms with van der Waals surface area (Å²) in [6.45, 7) is 7.75. The van der Waals surface area contributed by atoms with Gasteiger partial charge in [0.05, 0.1) is 6.04 Å². The molecular formula is C20H26N4O2. The molecule has 0 radical (unpaired) electrons. The number of benzene rings is 1. The van der Waals surface area contributed by atoms with Crippen LogP contribution in [0.25, 0.3) is 0 Å². The van der Waals surface area contributed by atoms with Crippen LogP contribution >= 0.6 is 0 Å². The molecule has 0 bridgehead atoms. The molecule has 1 N–H and O–H groups in total. The summed E-state index contributed by atoms with van der Waals surface area (Å²) in [5, 5.41) is 2.77. The Labute approximate surface area is 154 Å². The van der Waals surface area contributed by atoms with Crippen LogP contribution in [-0.4, -0.2) is 46.0 Å². The summed E-state index contributed by atoms with van der Waals surface area (Å²) in [6, 6.07) is 7.71. The fraction of sp³-hybridized carbons (Fsp3) is 0.450. The van der Waals surface area contributed by atoms with Gasteiger partial charge in [-0.3, -0.25) is 15.0 Å². The van der Waals surface area contributed by atoms with Crippen molar-refractivity contribution in [1.29, 1.82) is 0 Å². The molecular weight excluding hydrogens is 328 g/mol. The molecule has 1 amide bonds. The molecule has 3 rings (SSSR count). The van der Waals surface area contributed by atoms with Crippen LogP contribution in [0, 0.1) is 13.8 Å². The highest BCUT2D eigenvalue weighted by atomic mass is 16.5. The molecule has 1 fully saturated rings. The van der Waals surface area contributed by atoms with Crippen LogP contribution in [0.2, 0.25) is 0 Å². The number of para-hydroxylation sites is 1. The molecule has 1 aromatic heterocycles. The first kappa shape index (κ1) is 18.3. The summed E-state index contributed by atoms with van der Waals surface area (Å²) >= 11 is 0. The number of nitrogens with one attached hydrogen (secondary N) is 1. The average molecular weight is 354 g/mol. The van der Waals surface area contributed by atoms with Crippen LogP contribution in [0.15, 0.2) is 36.7 Å². The molecule has 6 nitrogen and oxygen atoms in total. The number of hydrogen-bond acceptors (Lipinski definition) is 5. The highest BCUT2D eigenvalue weighted by Crippen LogP contribution is 2.26. The van der Waals surface area contributed by atoms with Crippen LogP contribution in [0.4, 0.5) is 5.95 Å². The van der Waals surface area contributed by atoms with E-state index in [2.05, 4.69) is 52.2 Å². The van der Waals surface area contributed by atoms with Gasteiger partial charge in [0.2, 0.25) is 11.9 Å². The maximum atomic E-state index is 12.4. The van der Waals surface area contributed by atoms with Crippen LogP contribution in [0.3, 0.4) is 0 Å². The highest BCUT2D eigenvalue weighted by Gasteiger charge is 2.28. The van der Waals surface area contributed by atoms with E-state index in [4.69, 9.17) is 4.74 Å². The van der Waals surface area contributed by atoms with Crippen molar-refractivity contribution in [2.45, 2.75) is 45.8 Å². The average Bonchev–Trinajstić information content (AvgIpc) is 2.65. The number of piperidine rings is 1. The van der Waals surface area contributed by atoms with Crippen molar-refractivity contribution < 1.29 is 9.53 Å². The van der Waals surface area contributed by atoms with Crippen molar-refractivity contribution in [2.75, 3.05) is 18.4 Å². The Morgan fingerprint density at radius 1 is 1.15 bits per heavy atom. The molecule has 1 aliphatic heterocycles. The van der Waals surface area contributed by atoms with Crippen LogP contribution in [0.5, 0.6) is 5.75 Å². The fourth-order valence-corrected chi connectivity index (χ4v) is 3.28. The smallest absolute Gasteiger partial charge is 0.243 e. The number of anilines is 1. The number of rotatable bonds is 5. The minimum absolute atomic E-state index is 0.0784. The minimum Gasteiger partial charge on any atom is -0.490 e. The lowest BCUT2D eigenvalue weighted by Crippen LogP contribution is -2.48.